The molecule has 2 aromatic carbocycles. The average Bonchev–Trinajstić information content (AvgIpc) is 3.11. The molecule has 0 spiro atoms. The third kappa shape index (κ3) is 4.34. The molecule has 1 aromatic heterocycles. The normalized spacial score (nSPS) is 21.7. The minimum absolute atomic E-state index is 0.0359. The van der Waals surface area contributed by atoms with Crippen LogP contribution in [0.25, 0.3) is 22.0 Å². The van der Waals surface area contributed by atoms with Crippen LogP contribution < -0.4 is 16.2 Å². The first-order valence-corrected chi connectivity index (χ1v) is 10.7. The number of hydrogen-bond donors (Lipinski definition) is 2. The zero-order chi connectivity index (χ0) is 24.9. The van der Waals surface area contributed by atoms with Gasteiger partial charge in [0.2, 0.25) is 0 Å². The maximum atomic E-state index is 14.4. The third-order valence-electron chi connectivity index (χ3n) is 6.34. The van der Waals surface area contributed by atoms with Gasteiger partial charge in [0.25, 0.3) is 0 Å². The zero-order valence-electron chi connectivity index (χ0n) is 18.3. The lowest BCUT2D eigenvalue weighted by Crippen LogP contribution is -2.44. The van der Waals surface area contributed by atoms with Crippen molar-refractivity contribution in [2.45, 2.75) is 49.4 Å². The van der Waals surface area contributed by atoms with Crippen LogP contribution in [0.5, 0.6) is 5.75 Å². The Balaban J connectivity index is 1.72. The van der Waals surface area contributed by atoms with E-state index in [2.05, 4.69) is 9.84 Å². The van der Waals surface area contributed by atoms with E-state index in [1.165, 1.54) is 12.1 Å². The van der Waals surface area contributed by atoms with Crippen molar-refractivity contribution in [3.05, 3.63) is 47.9 Å². The van der Waals surface area contributed by atoms with Gasteiger partial charge in [-0.2, -0.15) is 27.1 Å². The molecule has 34 heavy (non-hydrogen) atoms. The molecule has 4 rings (SSSR count). The average molecular weight is 486 g/mol. The molecule has 1 heterocycles. The van der Waals surface area contributed by atoms with Crippen LogP contribution in [0.1, 0.15) is 31.4 Å². The van der Waals surface area contributed by atoms with Gasteiger partial charge in [-0.25, -0.2) is 4.39 Å². The third-order valence-corrected chi connectivity index (χ3v) is 6.34. The molecular formula is C23H24F6N4O. The molecule has 5 nitrogen and oxygen atoms in total. The predicted molar refractivity (Wildman–Crippen MR) is 115 cm³/mol. The van der Waals surface area contributed by atoms with Crippen molar-refractivity contribution in [1.82, 2.24) is 9.78 Å². The number of nitrogens with two attached hydrogens (primary N) is 2. The Hall–Kier alpha value is -2.79. The van der Waals surface area contributed by atoms with E-state index in [4.69, 9.17) is 11.5 Å². The van der Waals surface area contributed by atoms with Crippen molar-refractivity contribution in [2.75, 3.05) is 6.61 Å². The molecule has 0 atom stereocenters. The largest absolute Gasteiger partial charge is 0.483 e. The van der Waals surface area contributed by atoms with Gasteiger partial charge >= 0.3 is 12.1 Å². The van der Waals surface area contributed by atoms with Gasteiger partial charge < -0.3 is 16.2 Å². The summed E-state index contributed by atoms with van der Waals surface area (Å²) >= 11 is 0. The van der Waals surface area contributed by atoms with Crippen molar-refractivity contribution < 1.29 is 31.1 Å². The van der Waals surface area contributed by atoms with Crippen molar-refractivity contribution in [1.29, 1.82) is 0 Å². The van der Waals surface area contributed by atoms with Crippen LogP contribution in [0.15, 0.2) is 36.4 Å². The molecule has 4 N–H and O–H groups in total. The summed E-state index contributed by atoms with van der Waals surface area (Å²) in [5, 5.41) is 5.37. The molecular weight excluding hydrogens is 462 g/mol. The molecule has 0 radical (unpaired) electrons. The summed E-state index contributed by atoms with van der Waals surface area (Å²) < 4.78 is 85.1. The van der Waals surface area contributed by atoms with E-state index < -0.39 is 35.8 Å². The van der Waals surface area contributed by atoms with Gasteiger partial charge in [-0.15, -0.1) is 0 Å². The number of hydrogen-bond acceptors (Lipinski definition) is 4. The lowest BCUT2D eigenvalue weighted by molar-refractivity contribution is -0.290. The fourth-order valence-electron chi connectivity index (χ4n) is 4.31. The highest BCUT2D eigenvalue weighted by Gasteiger charge is 2.58. The summed E-state index contributed by atoms with van der Waals surface area (Å²) in [6.07, 6.45) is -2.96. The molecule has 0 saturated heterocycles. The number of nitrogens with zero attached hydrogens (tertiary/aromatic N) is 2. The van der Waals surface area contributed by atoms with Crippen LogP contribution in [-0.2, 0) is 12.6 Å². The Morgan fingerprint density at radius 1 is 1.12 bits per heavy atom. The Morgan fingerprint density at radius 3 is 2.44 bits per heavy atom. The quantitative estimate of drug-likeness (QED) is 0.497. The lowest BCUT2D eigenvalue weighted by atomic mass is 9.77. The summed E-state index contributed by atoms with van der Waals surface area (Å²) in [6, 6.07) is 8.71. The van der Waals surface area contributed by atoms with Gasteiger partial charge in [-0.05, 0) is 43.4 Å². The van der Waals surface area contributed by atoms with Crippen LogP contribution in [0.2, 0.25) is 0 Å². The standard InChI is InChI=1S/C23H24F6N4O/c1-33-18-11-13(5-6-16(18)20(32-33)21(31)9-7-14(30)8-10-21)15-3-2-4-17(24)19(15)34-12-22(25,26)23(27,28)29/h2-6,11,14H,7-10,12,30-31H2,1H3. The second-order valence-electron chi connectivity index (χ2n) is 8.81. The van der Waals surface area contributed by atoms with E-state index in [-0.39, 0.29) is 11.6 Å². The zero-order valence-corrected chi connectivity index (χ0v) is 18.3. The first-order chi connectivity index (χ1) is 15.8. The number of benzene rings is 2. The number of ether oxygens (including phenoxy) is 1. The van der Waals surface area contributed by atoms with E-state index in [1.54, 1.807) is 29.9 Å². The molecule has 0 amide bonds. The van der Waals surface area contributed by atoms with E-state index in [0.717, 1.165) is 24.3 Å². The van der Waals surface area contributed by atoms with Gasteiger partial charge in [0, 0.05) is 24.0 Å². The monoisotopic (exact) mass is 486 g/mol. The molecule has 0 aliphatic heterocycles. The van der Waals surface area contributed by atoms with Crippen molar-refractivity contribution in [3.63, 3.8) is 0 Å². The Kier molecular flexibility index (Phi) is 6.05. The van der Waals surface area contributed by atoms with Crippen molar-refractivity contribution in [3.8, 4) is 16.9 Å². The van der Waals surface area contributed by atoms with Gasteiger partial charge in [0.1, 0.15) is 0 Å². The maximum Gasteiger partial charge on any atom is 0.456 e. The predicted octanol–water partition coefficient (Wildman–Crippen LogP) is 5.01. The molecule has 3 aromatic rings. The number of aromatic nitrogens is 2. The number of fused-ring (bicyclic) bond motifs is 1. The van der Waals surface area contributed by atoms with E-state index in [1.807, 2.05) is 0 Å². The van der Waals surface area contributed by atoms with Crippen LogP contribution in [0.4, 0.5) is 26.3 Å². The Morgan fingerprint density at radius 2 is 1.79 bits per heavy atom. The van der Waals surface area contributed by atoms with Crippen LogP contribution in [-0.4, -0.2) is 34.5 Å². The highest BCUT2D eigenvalue weighted by atomic mass is 19.4. The molecule has 1 aliphatic rings. The van der Waals surface area contributed by atoms with Gasteiger partial charge in [-0.1, -0.05) is 24.3 Å². The van der Waals surface area contributed by atoms with Gasteiger partial charge in [0.05, 0.1) is 16.7 Å². The number of aryl methyl sites for hydroxylation is 1. The number of para-hydroxylation sites is 1. The van der Waals surface area contributed by atoms with Crippen LogP contribution in [0.3, 0.4) is 0 Å². The minimum atomic E-state index is -5.82. The maximum absolute atomic E-state index is 14.4. The molecule has 0 unspecified atom stereocenters. The molecule has 11 heteroatoms. The molecule has 1 fully saturated rings. The smallest absolute Gasteiger partial charge is 0.456 e. The van der Waals surface area contributed by atoms with E-state index in [9.17, 15) is 26.3 Å². The summed E-state index contributed by atoms with van der Waals surface area (Å²) in [6.45, 7) is -2.04. The molecule has 1 aliphatic carbocycles. The number of halogens is 6. The second kappa shape index (κ2) is 8.46. The van der Waals surface area contributed by atoms with Crippen LogP contribution in [0, 0.1) is 5.82 Å². The summed E-state index contributed by atoms with van der Waals surface area (Å²) in [5.41, 5.74) is 13.8. The molecule has 1 saturated carbocycles. The van der Waals surface area contributed by atoms with E-state index >= 15 is 0 Å². The van der Waals surface area contributed by atoms with Crippen LogP contribution >= 0.6 is 0 Å². The fraction of sp³-hybridized carbons (Fsp3) is 0.435. The molecule has 0 bridgehead atoms. The Labute approximate surface area is 191 Å². The second-order valence-corrected chi connectivity index (χ2v) is 8.81. The minimum Gasteiger partial charge on any atom is -0.483 e. The highest BCUT2D eigenvalue weighted by molar-refractivity contribution is 5.88. The fourth-order valence-corrected chi connectivity index (χ4v) is 4.31. The van der Waals surface area contributed by atoms with Crippen molar-refractivity contribution in [2.24, 2.45) is 18.5 Å². The van der Waals surface area contributed by atoms with Gasteiger partial charge in [-0.3, -0.25) is 4.68 Å². The lowest BCUT2D eigenvalue weighted by Gasteiger charge is -2.34. The van der Waals surface area contributed by atoms with E-state index in [0.29, 0.717) is 29.6 Å². The number of alkyl halides is 5. The highest BCUT2D eigenvalue weighted by Crippen LogP contribution is 2.41. The number of rotatable bonds is 5. The van der Waals surface area contributed by atoms with Crippen molar-refractivity contribution >= 4 is 10.9 Å². The topological polar surface area (TPSA) is 79.1 Å². The first kappa shape index (κ1) is 24.3. The Bertz CT molecular complexity index is 1200. The SMILES string of the molecule is Cn1nc(C2(N)CCC(N)CC2)c2ccc(-c3cccc(F)c3OCC(F)(F)C(F)(F)F)cc21. The summed E-state index contributed by atoms with van der Waals surface area (Å²) in [7, 11) is 1.71. The summed E-state index contributed by atoms with van der Waals surface area (Å²) in [4.78, 5) is 0. The van der Waals surface area contributed by atoms with Gasteiger partial charge in [0.15, 0.2) is 18.2 Å². The first-order valence-electron chi connectivity index (χ1n) is 10.7. The molecule has 184 valence electrons. The summed E-state index contributed by atoms with van der Waals surface area (Å²) in [5.74, 6) is -6.88.